The Bertz CT molecular complexity index is 1000. The first-order valence-electron chi connectivity index (χ1n) is 8.79. The lowest BCUT2D eigenvalue weighted by atomic mass is 10.2. The number of pyridine rings is 1. The molecule has 1 aliphatic rings. The highest BCUT2D eigenvalue weighted by molar-refractivity contribution is 6.04. The Morgan fingerprint density at radius 2 is 1.68 bits per heavy atom. The molecule has 1 aromatic heterocycles. The maximum Gasteiger partial charge on any atom is 0.257 e. The molecule has 0 spiro atoms. The predicted molar refractivity (Wildman–Crippen MR) is 109 cm³/mol. The van der Waals surface area contributed by atoms with Crippen molar-refractivity contribution < 1.29 is 14.3 Å². The number of aromatic nitrogens is 1. The van der Waals surface area contributed by atoms with Crippen LogP contribution in [0.2, 0.25) is 0 Å². The molecule has 0 saturated carbocycles. The van der Waals surface area contributed by atoms with Crippen LogP contribution in [-0.4, -0.2) is 31.8 Å². The monoisotopic (exact) mass is 376 g/mol. The van der Waals surface area contributed by atoms with E-state index in [9.17, 15) is 4.79 Å². The summed E-state index contributed by atoms with van der Waals surface area (Å²) in [6.45, 7) is 0.228. The van der Waals surface area contributed by atoms with Crippen LogP contribution < -0.4 is 25.0 Å². The number of fused-ring (bicyclic) bond motifs is 1. The molecular formula is C21H20N4O3. The van der Waals surface area contributed by atoms with Crippen LogP contribution in [0.15, 0.2) is 60.9 Å². The Hall–Kier alpha value is -3.74. The van der Waals surface area contributed by atoms with E-state index in [-0.39, 0.29) is 12.7 Å². The number of nitrogens with zero attached hydrogens (tertiary/aromatic N) is 2. The average Bonchev–Trinajstić information content (AvgIpc) is 3.16. The lowest BCUT2D eigenvalue weighted by Crippen LogP contribution is -2.13. The predicted octanol–water partition coefficient (Wildman–Crippen LogP) is 3.87. The zero-order valence-electron chi connectivity index (χ0n) is 15.6. The van der Waals surface area contributed by atoms with E-state index in [1.54, 1.807) is 12.3 Å². The average molecular weight is 376 g/mol. The second-order valence-electron chi connectivity index (χ2n) is 6.55. The third-order valence-electron chi connectivity index (χ3n) is 4.30. The van der Waals surface area contributed by atoms with Gasteiger partial charge in [0.15, 0.2) is 11.5 Å². The fraction of sp³-hybridized carbons (Fsp3) is 0.143. The van der Waals surface area contributed by atoms with Crippen LogP contribution in [0.3, 0.4) is 0 Å². The zero-order valence-corrected chi connectivity index (χ0v) is 15.6. The van der Waals surface area contributed by atoms with E-state index in [1.807, 2.05) is 61.5 Å². The summed E-state index contributed by atoms with van der Waals surface area (Å²) in [7, 11) is 3.94. The molecule has 3 aromatic rings. The van der Waals surface area contributed by atoms with E-state index in [1.165, 1.54) is 6.20 Å². The van der Waals surface area contributed by atoms with Gasteiger partial charge in [-0.2, -0.15) is 0 Å². The molecule has 28 heavy (non-hydrogen) atoms. The van der Waals surface area contributed by atoms with Gasteiger partial charge >= 0.3 is 0 Å². The van der Waals surface area contributed by atoms with E-state index < -0.39 is 0 Å². The largest absolute Gasteiger partial charge is 0.454 e. The summed E-state index contributed by atoms with van der Waals surface area (Å²) in [5.41, 5.74) is 3.78. The molecule has 0 aliphatic carbocycles. The van der Waals surface area contributed by atoms with Crippen molar-refractivity contribution in [2.24, 2.45) is 0 Å². The van der Waals surface area contributed by atoms with Gasteiger partial charge in [-0.15, -0.1) is 0 Å². The van der Waals surface area contributed by atoms with Crippen molar-refractivity contribution in [3.63, 3.8) is 0 Å². The summed E-state index contributed by atoms with van der Waals surface area (Å²) in [5, 5.41) is 6.12. The zero-order chi connectivity index (χ0) is 19.5. The number of carbonyl (C=O) groups is 1. The highest BCUT2D eigenvalue weighted by Crippen LogP contribution is 2.35. The van der Waals surface area contributed by atoms with Crippen molar-refractivity contribution in [1.82, 2.24) is 4.98 Å². The van der Waals surface area contributed by atoms with Crippen molar-refractivity contribution in [2.45, 2.75) is 0 Å². The SMILES string of the molecule is CN(C)c1ccc(NC(=O)c2cncc(Nc3ccc4c(c3)OCO4)c2)cc1. The number of benzene rings is 2. The van der Waals surface area contributed by atoms with Gasteiger partial charge in [0.25, 0.3) is 5.91 Å². The van der Waals surface area contributed by atoms with Gasteiger partial charge in [-0.05, 0) is 42.5 Å². The first-order valence-corrected chi connectivity index (χ1v) is 8.79. The Kier molecular flexibility index (Phi) is 4.72. The molecule has 0 saturated heterocycles. The standard InChI is InChI=1S/C21H20N4O3/c1-25(2)18-6-3-15(4-7-18)24-21(26)14-9-17(12-22-11-14)23-16-5-8-19-20(10-16)28-13-27-19/h3-12,23H,13H2,1-2H3,(H,24,26). The van der Waals surface area contributed by atoms with E-state index in [0.29, 0.717) is 17.0 Å². The van der Waals surface area contributed by atoms with E-state index >= 15 is 0 Å². The summed E-state index contributed by atoms with van der Waals surface area (Å²) in [6.07, 6.45) is 3.20. The molecule has 1 amide bonds. The number of carbonyl (C=O) groups excluding carboxylic acids is 1. The van der Waals surface area contributed by atoms with Gasteiger partial charge in [0, 0.05) is 43.4 Å². The normalized spacial score (nSPS) is 11.8. The molecule has 2 aromatic carbocycles. The number of anilines is 4. The Morgan fingerprint density at radius 3 is 2.46 bits per heavy atom. The lowest BCUT2D eigenvalue weighted by Gasteiger charge is -2.13. The maximum atomic E-state index is 12.6. The summed E-state index contributed by atoms with van der Waals surface area (Å²) >= 11 is 0. The number of nitrogens with one attached hydrogen (secondary N) is 2. The number of hydrogen-bond donors (Lipinski definition) is 2. The van der Waals surface area contributed by atoms with Crippen molar-refractivity contribution >= 4 is 28.7 Å². The van der Waals surface area contributed by atoms with Crippen LogP contribution in [-0.2, 0) is 0 Å². The van der Waals surface area contributed by atoms with Gasteiger partial charge in [0.1, 0.15) is 0 Å². The third-order valence-corrected chi connectivity index (χ3v) is 4.30. The molecule has 1 aliphatic heterocycles. The smallest absolute Gasteiger partial charge is 0.257 e. The second-order valence-corrected chi connectivity index (χ2v) is 6.55. The van der Waals surface area contributed by atoms with Crippen LogP contribution in [0.4, 0.5) is 22.7 Å². The molecule has 0 radical (unpaired) electrons. The molecule has 0 atom stereocenters. The molecule has 7 heteroatoms. The van der Waals surface area contributed by atoms with Gasteiger partial charge in [-0.25, -0.2) is 0 Å². The van der Waals surface area contributed by atoms with Gasteiger partial charge in [-0.1, -0.05) is 0 Å². The van der Waals surface area contributed by atoms with Crippen LogP contribution in [0.1, 0.15) is 10.4 Å². The van der Waals surface area contributed by atoms with Crippen molar-refractivity contribution in [1.29, 1.82) is 0 Å². The van der Waals surface area contributed by atoms with E-state index in [2.05, 4.69) is 15.6 Å². The molecule has 4 rings (SSSR count). The van der Waals surface area contributed by atoms with Gasteiger partial charge in [0.05, 0.1) is 17.4 Å². The Morgan fingerprint density at radius 1 is 0.929 bits per heavy atom. The molecule has 0 unspecified atom stereocenters. The number of ether oxygens (including phenoxy) is 2. The molecule has 7 nitrogen and oxygen atoms in total. The lowest BCUT2D eigenvalue weighted by molar-refractivity contribution is 0.102. The minimum absolute atomic E-state index is 0.223. The Labute approximate surface area is 162 Å². The number of hydrogen-bond acceptors (Lipinski definition) is 6. The van der Waals surface area contributed by atoms with Crippen molar-refractivity contribution in [2.75, 3.05) is 36.4 Å². The number of rotatable bonds is 5. The van der Waals surface area contributed by atoms with Gasteiger partial charge in [-0.3, -0.25) is 9.78 Å². The highest BCUT2D eigenvalue weighted by atomic mass is 16.7. The van der Waals surface area contributed by atoms with Gasteiger partial charge < -0.3 is 25.0 Å². The summed E-state index contributed by atoms with van der Waals surface area (Å²) in [5.74, 6) is 1.18. The van der Waals surface area contributed by atoms with E-state index in [0.717, 1.165) is 22.8 Å². The third kappa shape index (κ3) is 3.83. The van der Waals surface area contributed by atoms with E-state index in [4.69, 9.17) is 9.47 Å². The van der Waals surface area contributed by atoms with Crippen LogP contribution in [0, 0.1) is 0 Å². The minimum Gasteiger partial charge on any atom is -0.454 e. The van der Waals surface area contributed by atoms with Crippen LogP contribution >= 0.6 is 0 Å². The number of amides is 1. The quantitative estimate of drug-likeness (QED) is 0.704. The van der Waals surface area contributed by atoms with Gasteiger partial charge in [0.2, 0.25) is 6.79 Å². The summed E-state index contributed by atoms with van der Waals surface area (Å²) in [4.78, 5) is 18.7. The topological polar surface area (TPSA) is 75.7 Å². The van der Waals surface area contributed by atoms with Crippen LogP contribution in [0.25, 0.3) is 0 Å². The first-order chi connectivity index (χ1) is 13.6. The molecule has 2 N–H and O–H groups in total. The molecule has 0 fully saturated rings. The first kappa shape index (κ1) is 17.7. The molecule has 2 heterocycles. The molecule has 0 bridgehead atoms. The second kappa shape index (κ2) is 7.48. The van der Waals surface area contributed by atoms with Crippen molar-refractivity contribution in [3.8, 4) is 11.5 Å². The fourth-order valence-corrected chi connectivity index (χ4v) is 2.82. The minimum atomic E-state index is -0.223. The highest BCUT2D eigenvalue weighted by Gasteiger charge is 2.14. The van der Waals surface area contributed by atoms with Crippen LogP contribution in [0.5, 0.6) is 11.5 Å². The summed E-state index contributed by atoms with van der Waals surface area (Å²) in [6, 6.07) is 15.0. The summed E-state index contributed by atoms with van der Waals surface area (Å²) < 4.78 is 10.7. The molecule has 142 valence electrons. The van der Waals surface area contributed by atoms with Crippen molar-refractivity contribution in [3.05, 3.63) is 66.5 Å². The maximum absolute atomic E-state index is 12.6. The Balaban J connectivity index is 1.46. The molecular weight excluding hydrogens is 356 g/mol. The fourth-order valence-electron chi connectivity index (χ4n) is 2.82.